The third kappa shape index (κ3) is 2.85. The van der Waals surface area contributed by atoms with Gasteiger partial charge in [-0.15, -0.1) is 0 Å². The van der Waals surface area contributed by atoms with Crippen LogP contribution in [0.4, 0.5) is 4.79 Å². The zero-order valence-electron chi connectivity index (χ0n) is 8.14. The lowest BCUT2D eigenvalue weighted by molar-refractivity contribution is 0.213. The number of carbonyl (C=O) groups is 1. The summed E-state index contributed by atoms with van der Waals surface area (Å²) in [5, 5.41) is 7.62. The first-order valence-corrected chi connectivity index (χ1v) is 4.13. The molecule has 0 aliphatic rings. The van der Waals surface area contributed by atoms with E-state index in [0.717, 1.165) is 5.56 Å². The molecular weight excluding hydrogens is 180 g/mol. The van der Waals surface area contributed by atoms with Crippen LogP contribution >= 0.6 is 0 Å². The number of urea groups is 1. The molecule has 0 unspecified atom stereocenters. The maximum absolute atomic E-state index is 11.0. The topological polar surface area (TPSA) is 57.6 Å². The molecule has 1 aromatic rings. The molecule has 1 heterocycles. The Morgan fingerprint density at radius 3 is 2.79 bits per heavy atom. The number of hydrogen-bond acceptors (Lipinski definition) is 3. The van der Waals surface area contributed by atoms with Crippen LogP contribution in [0.3, 0.4) is 0 Å². The predicted octanol–water partition coefficient (Wildman–Crippen LogP) is 0.687. The van der Waals surface area contributed by atoms with Gasteiger partial charge in [0.2, 0.25) is 0 Å². The molecule has 0 saturated carbocycles. The third-order valence-electron chi connectivity index (χ3n) is 1.59. The van der Waals surface area contributed by atoms with Gasteiger partial charge in [0.1, 0.15) is 0 Å². The number of carbonyl (C=O) groups excluding carboxylic acids is 1. The van der Waals surface area contributed by atoms with E-state index in [1.807, 2.05) is 0 Å². The van der Waals surface area contributed by atoms with E-state index in [2.05, 4.69) is 15.4 Å². The summed E-state index contributed by atoms with van der Waals surface area (Å²) in [4.78, 5) is 14.9. The van der Waals surface area contributed by atoms with Gasteiger partial charge < -0.3 is 5.32 Å². The van der Waals surface area contributed by atoms with Crippen molar-refractivity contribution >= 4 is 12.2 Å². The molecule has 0 fully saturated rings. The van der Waals surface area contributed by atoms with Crippen LogP contribution in [0.2, 0.25) is 0 Å². The molecule has 0 aliphatic heterocycles. The van der Waals surface area contributed by atoms with Crippen LogP contribution in [-0.2, 0) is 0 Å². The summed E-state index contributed by atoms with van der Waals surface area (Å²) in [6.45, 7) is 0. The number of amides is 2. The predicted molar refractivity (Wildman–Crippen MR) is 54.0 cm³/mol. The van der Waals surface area contributed by atoms with E-state index in [-0.39, 0.29) is 6.03 Å². The molecule has 74 valence electrons. The van der Waals surface area contributed by atoms with Crippen molar-refractivity contribution in [1.82, 2.24) is 15.3 Å². The summed E-state index contributed by atoms with van der Waals surface area (Å²) >= 11 is 0. The average Bonchev–Trinajstić information content (AvgIpc) is 2.26. The Kier molecular flexibility index (Phi) is 3.60. The van der Waals surface area contributed by atoms with Crippen molar-refractivity contribution in [1.29, 1.82) is 0 Å². The maximum atomic E-state index is 11.0. The Balaban J connectivity index is 2.60. The zero-order valence-corrected chi connectivity index (χ0v) is 8.14. The third-order valence-corrected chi connectivity index (χ3v) is 1.59. The molecule has 5 heteroatoms. The molecule has 0 radical (unpaired) electrons. The van der Waals surface area contributed by atoms with Crippen molar-refractivity contribution in [3.8, 4) is 0 Å². The van der Waals surface area contributed by atoms with Crippen molar-refractivity contribution < 1.29 is 4.79 Å². The monoisotopic (exact) mass is 192 g/mol. The lowest BCUT2D eigenvalue weighted by atomic mass is 10.3. The molecule has 1 N–H and O–H groups in total. The minimum absolute atomic E-state index is 0.254. The SMILES string of the molecule is CNC(=O)N(C)/N=C/c1ccncc1. The highest BCUT2D eigenvalue weighted by molar-refractivity contribution is 5.81. The molecule has 0 saturated heterocycles. The number of hydrazone groups is 1. The van der Waals surface area contributed by atoms with Gasteiger partial charge in [-0.2, -0.15) is 5.10 Å². The summed E-state index contributed by atoms with van der Waals surface area (Å²) in [6.07, 6.45) is 4.93. The molecule has 0 spiro atoms. The summed E-state index contributed by atoms with van der Waals surface area (Å²) < 4.78 is 0. The number of rotatable bonds is 2. The fourth-order valence-corrected chi connectivity index (χ4v) is 0.817. The van der Waals surface area contributed by atoms with E-state index in [1.54, 1.807) is 44.8 Å². The fourth-order valence-electron chi connectivity index (χ4n) is 0.817. The van der Waals surface area contributed by atoms with Gasteiger partial charge in [0, 0.05) is 26.5 Å². The second-order valence-corrected chi connectivity index (χ2v) is 2.60. The molecule has 5 nitrogen and oxygen atoms in total. The minimum atomic E-state index is -0.254. The minimum Gasteiger partial charge on any atom is -0.340 e. The van der Waals surface area contributed by atoms with Gasteiger partial charge in [-0.3, -0.25) is 4.98 Å². The number of nitrogens with one attached hydrogen (secondary N) is 1. The van der Waals surface area contributed by atoms with Crippen LogP contribution in [0.1, 0.15) is 5.56 Å². The highest BCUT2D eigenvalue weighted by Gasteiger charge is 2.00. The van der Waals surface area contributed by atoms with Crippen LogP contribution in [0.5, 0.6) is 0 Å². The lowest BCUT2D eigenvalue weighted by Gasteiger charge is -2.08. The number of pyridine rings is 1. The molecule has 0 aliphatic carbocycles. The van der Waals surface area contributed by atoms with E-state index < -0.39 is 0 Å². The van der Waals surface area contributed by atoms with Crippen LogP contribution in [0.25, 0.3) is 0 Å². The molecule has 1 rings (SSSR count). The Hall–Kier alpha value is -1.91. The Morgan fingerprint density at radius 1 is 1.57 bits per heavy atom. The van der Waals surface area contributed by atoms with E-state index >= 15 is 0 Å². The fraction of sp³-hybridized carbons (Fsp3) is 0.222. The summed E-state index contributed by atoms with van der Waals surface area (Å²) in [5.74, 6) is 0. The Morgan fingerprint density at radius 2 is 2.21 bits per heavy atom. The van der Waals surface area contributed by atoms with Gasteiger partial charge >= 0.3 is 6.03 Å². The lowest BCUT2D eigenvalue weighted by Crippen LogP contribution is -2.30. The van der Waals surface area contributed by atoms with Gasteiger partial charge in [0.25, 0.3) is 0 Å². The Bertz CT molecular complexity index is 323. The van der Waals surface area contributed by atoms with E-state index in [9.17, 15) is 4.79 Å². The molecule has 1 aromatic heterocycles. The first-order chi connectivity index (χ1) is 6.74. The standard InChI is InChI=1S/C9H12N4O/c1-10-9(14)13(2)12-7-8-3-5-11-6-4-8/h3-7H,1-2H3,(H,10,14)/b12-7+. The van der Waals surface area contributed by atoms with Gasteiger partial charge in [0.05, 0.1) is 6.21 Å². The van der Waals surface area contributed by atoms with Crippen LogP contribution in [0, 0.1) is 0 Å². The Labute approximate surface area is 82.4 Å². The van der Waals surface area contributed by atoms with Gasteiger partial charge in [-0.1, -0.05) is 0 Å². The van der Waals surface area contributed by atoms with E-state index in [1.165, 1.54) is 5.01 Å². The zero-order chi connectivity index (χ0) is 10.4. The molecule has 0 bridgehead atoms. The second kappa shape index (κ2) is 4.96. The second-order valence-electron chi connectivity index (χ2n) is 2.60. The normalized spacial score (nSPS) is 10.1. The number of aromatic nitrogens is 1. The summed E-state index contributed by atoms with van der Waals surface area (Å²) in [7, 11) is 3.14. The highest BCUT2D eigenvalue weighted by atomic mass is 16.2. The van der Waals surface area contributed by atoms with Crippen molar-refractivity contribution in [3.05, 3.63) is 30.1 Å². The average molecular weight is 192 g/mol. The smallest absolute Gasteiger partial charge is 0.337 e. The van der Waals surface area contributed by atoms with Crippen molar-refractivity contribution in [2.24, 2.45) is 5.10 Å². The largest absolute Gasteiger partial charge is 0.340 e. The molecular formula is C9H12N4O. The van der Waals surface area contributed by atoms with Crippen LogP contribution < -0.4 is 5.32 Å². The first-order valence-electron chi connectivity index (χ1n) is 4.13. The molecule has 0 aromatic carbocycles. The number of hydrogen-bond donors (Lipinski definition) is 1. The molecule has 0 atom stereocenters. The van der Waals surface area contributed by atoms with E-state index in [4.69, 9.17) is 0 Å². The highest BCUT2D eigenvalue weighted by Crippen LogP contribution is 1.92. The van der Waals surface area contributed by atoms with E-state index in [0.29, 0.717) is 0 Å². The van der Waals surface area contributed by atoms with Gasteiger partial charge in [-0.05, 0) is 17.7 Å². The quantitative estimate of drug-likeness (QED) is 0.553. The number of nitrogens with zero attached hydrogens (tertiary/aromatic N) is 3. The maximum Gasteiger partial charge on any atom is 0.337 e. The van der Waals surface area contributed by atoms with Crippen molar-refractivity contribution in [2.75, 3.05) is 14.1 Å². The summed E-state index contributed by atoms with van der Waals surface area (Å²) in [6, 6.07) is 3.36. The summed E-state index contributed by atoms with van der Waals surface area (Å²) in [5.41, 5.74) is 0.899. The van der Waals surface area contributed by atoms with Crippen molar-refractivity contribution in [3.63, 3.8) is 0 Å². The van der Waals surface area contributed by atoms with Crippen LogP contribution in [-0.4, -0.2) is 36.3 Å². The van der Waals surface area contributed by atoms with Gasteiger partial charge in [-0.25, -0.2) is 9.80 Å². The van der Waals surface area contributed by atoms with Crippen LogP contribution in [0.15, 0.2) is 29.6 Å². The van der Waals surface area contributed by atoms with Crippen molar-refractivity contribution in [2.45, 2.75) is 0 Å². The van der Waals surface area contributed by atoms with Gasteiger partial charge in [0.15, 0.2) is 0 Å². The molecule has 14 heavy (non-hydrogen) atoms. The first kappa shape index (κ1) is 10.2. The molecule has 2 amide bonds.